The lowest BCUT2D eigenvalue weighted by atomic mass is 9.98. The Morgan fingerprint density at radius 1 is 0.889 bits per heavy atom. The van der Waals surface area contributed by atoms with Gasteiger partial charge in [-0.15, -0.1) is 0 Å². The summed E-state index contributed by atoms with van der Waals surface area (Å²) in [5, 5.41) is 0. The van der Waals surface area contributed by atoms with E-state index in [1.165, 1.54) is 4.90 Å². The Balaban J connectivity index is 1.54. The van der Waals surface area contributed by atoms with Crippen LogP contribution >= 0.6 is 0 Å². The van der Waals surface area contributed by atoms with Crippen molar-refractivity contribution in [3.05, 3.63) is 89.5 Å². The number of ether oxygens (including phenoxy) is 3. The molecule has 0 saturated carbocycles. The van der Waals surface area contributed by atoms with Gasteiger partial charge in [0.05, 0.1) is 7.11 Å². The standard InChI is InChI=1S/C30H33NO5/c1-30(2,3)36-28(32)26(18-20-12-6-11-17-27(20)34-5)31(4)29(33)35-19-25-23-15-9-7-13-21(23)22-14-8-10-16-24(22)25/h6-17,25-26H,18-19H2,1-5H3. The molecule has 3 aromatic carbocycles. The number of fused-ring (bicyclic) bond motifs is 3. The smallest absolute Gasteiger partial charge is 0.410 e. The van der Waals surface area contributed by atoms with E-state index in [1.807, 2.05) is 48.5 Å². The van der Waals surface area contributed by atoms with Crippen molar-refractivity contribution in [3.63, 3.8) is 0 Å². The van der Waals surface area contributed by atoms with Gasteiger partial charge in [0.2, 0.25) is 0 Å². The lowest BCUT2D eigenvalue weighted by Crippen LogP contribution is -2.47. The second-order valence-corrected chi connectivity index (χ2v) is 9.98. The highest BCUT2D eigenvalue weighted by molar-refractivity contribution is 5.82. The number of likely N-dealkylation sites (N-methyl/N-ethyl adjacent to an activating group) is 1. The van der Waals surface area contributed by atoms with Gasteiger partial charge in [-0.05, 0) is 54.7 Å². The minimum atomic E-state index is -0.879. The number of hydrogen-bond acceptors (Lipinski definition) is 5. The molecule has 1 atom stereocenters. The maximum absolute atomic E-state index is 13.2. The zero-order valence-corrected chi connectivity index (χ0v) is 21.5. The van der Waals surface area contributed by atoms with Gasteiger partial charge >= 0.3 is 12.1 Å². The molecule has 1 aliphatic carbocycles. The summed E-state index contributed by atoms with van der Waals surface area (Å²) in [6.07, 6.45) is -0.345. The van der Waals surface area contributed by atoms with Gasteiger partial charge in [-0.2, -0.15) is 0 Å². The zero-order chi connectivity index (χ0) is 25.9. The topological polar surface area (TPSA) is 65.1 Å². The van der Waals surface area contributed by atoms with Crippen molar-refractivity contribution in [3.8, 4) is 16.9 Å². The molecule has 0 saturated heterocycles. The number of carbonyl (C=O) groups excluding carboxylic acids is 2. The Labute approximate surface area is 212 Å². The summed E-state index contributed by atoms with van der Waals surface area (Å²) < 4.78 is 16.9. The van der Waals surface area contributed by atoms with Crippen molar-refractivity contribution in [1.29, 1.82) is 0 Å². The predicted octanol–water partition coefficient (Wildman–Crippen LogP) is 5.83. The lowest BCUT2D eigenvalue weighted by molar-refractivity contribution is -0.160. The molecular formula is C30H33NO5. The van der Waals surface area contributed by atoms with Gasteiger partial charge < -0.3 is 14.2 Å². The SMILES string of the molecule is COc1ccccc1CC(C(=O)OC(C)(C)C)N(C)C(=O)OCC1c2ccccc2-c2ccccc21. The molecule has 0 heterocycles. The van der Waals surface area contributed by atoms with E-state index in [2.05, 4.69) is 24.3 Å². The highest BCUT2D eigenvalue weighted by Gasteiger charge is 2.34. The van der Waals surface area contributed by atoms with Crippen molar-refractivity contribution in [2.45, 2.75) is 44.8 Å². The van der Waals surface area contributed by atoms with E-state index in [9.17, 15) is 9.59 Å². The quantitative estimate of drug-likeness (QED) is 0.393. The minimum Gasteiger partial charge on any atom is -0.496 e. The maximum Gasteiger partial charge on any atom is 0.410 e. The summed E-state index contributed by atoms with van der Waals surface area (Å²) in [5.41, 5.74) is 4.68. The monoisotopic (exact) mass is 487 g/mol. The summed E-state index contributed by atoms with van der Waals surface area (Å²) in [5.74, 6) is 0.0837. The van der Waals surface area contributed by atoms with Gasteiger partial charge in [0.15, 0.2) is 0 Å². The van der Waals surface area contributed by atoms with Crippen molar-refractivity contribution >= 4 is 12.1 Å². The van der Waals surface area contributed by atoms with Crippen molar-refractivity contribution in [2.75, 3.05) is 20.8 Å². The van der Waals surface area contributed by atoms with E-state index in [-0.39, 0.29) is 18.9 Å². The molecule has 6 heteroatoms. The van der Waals surface area contributed by atoms with Crippen molar-refractivity contribution < 1.29 is 23.8 Å². The average molecular weight is 488 g/mol. The lowest BCUT2D eigenvalue weighted by Gasteiger charge is -2.30. The zero-order valence-electron chi connectivity index (χ0n) is 21.5. The number of para-hydroxylation sites is 1. The Morgan fingerprint density at radius 3 is 2.03 bits per heavy atom. The fraction of sp³-hybridized carbons (Fsp3) is 0.333. The number of hydrogen-bond donors (Lipinski definition) is 0. The van der Waals surface area contributed by atoms with Crippen molar-refractivity contribution in [2.24, 2.45) is 0 Å². The van der Waals surface area contributed by atoms with Crippen LogP contribution in [0.3, 0.4) is 0 Å². The molecule has 6 nitrogen and oxygen atoms in total. The molecule has 0 aromatic heterocycles. The second kappa shape index (κ2) is 10.4. The molecular weight excluding hydrogens is 454 g/mol. The molecule has 0 aliphatic heterocycles. The Hall–Kier alpha value is -3.80. The summed E-state index contributed by atoms with van der Waals surface area (Å²) in [6, 6.07) is 22.9. The average Bonchev–Trinajstić information content (AvgIpc) is 3.18. The van der Waals surface area contributed by atoms with Crippen LogP contribution in [-0.4, -0.2) is 49.4 Å². The van der Waals surface area contributed by atoms with E-state index < -0.39 is 23.7 Å². The molecule has 0 radical (unpaired) electrons. The molecule has 1 amide bonds. The van der Waals surface area contributed by atoms with Crippen molar-refractivity contribution in [1.82, 2.24) is 4.90 Å². The summed E-state index contributed by atoms with van der Waals surface area (Å²) in [7, 11) is 3.15. The third-order valence-corrected chi connectivity index (χ3v) is 6.38. The molecule has 36 heavy (non-hydrogen) atoms. The van der Waals surface area contributed by atoms with Gasteiger partial charge in [-0.1, -0.05) is 66.7 Å². The molecule has 0 fully saturated rings. The summed E-state index contributed by atoms with van der Waals surface area (Å²) in [4.78, 5) is 27.8. The van der Waals surface area contributed by atoms with Crippen LogP contribution in [0.15, 0.2) is 72.8 Å². The maximum atomic E-state index is 13.2. The molecule has 1 unspecified atom stereocenters. The number of amides is 1. The van der Waals surface area contributed by atoms with Crippen LogP contribution in [0.4, 0.5) is 4.79 Å². The number of rotatable bonds is 7. The van der Waals surface area contributed by atoms with E-state index in [0.717, 1.165) is 27.8 Å². The highest BCUT2D eigenvalue weighted by Crippen LogP contribution is 2.44. The predicted molar refractivity (Wildman–Crippen MR) is 139 cm³/mol. The van der Waals surface area contributed by atoms with E-state index in [4.69, 9.17) is 14.2 Å². The molecule has 4 rings (SSSR count). The fourth-order valence-electron chi connectivity index (χ4n) is 4.65. The molecule has 0 spiro atoms. The first-order valence-electron chi connectivity index (χ1n) is 12.1. The molecule has 0 bridgehead atoms. The normalized spacial score (nSPS) is 13.4. The summed E-state index contributed by atoms with van der Waals surface area (Å²) >= 11 is 0. The number of carbonyl (C=O) groups is 2. The van der Waals surface area contributed by atoms with E-state index in [1.54, 1.807) is 34.9 Å². The number of benzene rings is 3. The van der Waals surface area contributed by atoms with Crippen LogP contribution in [0, 0.1) is 0 Å². The molecule has 0 N–H and O–H groups in total. The van der Waals surface area contributed by atoms with Crippen LogP contribution in [0.25, 0.3) is 11.1 Å². The Morgan fingerprint density at radius 2 is 1.44 bits per heavy atom. The van der Waals surface area contributed by atoms with Gasteiger partial charge in [0.25, 0.3) is 0 Å². The van der Waals surface area contributed by atoms with Crippen LogP contribution in [0.2, 0.25) is 0 Å². The number of nitrogens with zero attached hydrogens (tertiary/aromatic N) is 1. The number of methoxy groups -OCH3 is 1. The van der Waals surface area contributed by atoms with Crippen LogP contribution in [-0.2, 0) is 20.7 Å². The van der Waals surface area contributed by atoms with Crippen LogP contribution in [0.1, 0.15) is 43.4 Å². The third kappa shape index (κ3) is 5.38. The van der Waals surface area contributed by atoms with E-state index >= 15 is 0 Å². The van der Waals surface area contributed by atoms with Gasteiger partial charge in [-0.25, -0.2) is 9.59 Å². The fourth-order valence-corrected chi connectivity index (χ4v) is 4.65. The summed E-state index contributed by atoms with van der Waals surface area (Å²) in [6.45, 7) is 5.59. The molecule has 1 aliphatic rings. The van der Waals surface area contributed by atoms with E-state index in [0.29, 0.717) is 5.75 Å². The first-order valence-corrected chi connectivity index (χ1v) is 12.1. The number of esters is 1. The first kappa shape index (κ1) is 25.3. The Bertz CT molecular complexity index is 1200. The van der Waals surface area contributed by atoms with Crippen LogP contribution < -0.4 is 4.74 Å². The molecule has 188 valence electrons. The van der Waals surface area contributed by atoms with Gasteiger partial charge in [0.1, 0.15) is 24.0 Å². The molecule has 3 aromatic rings. The highest BCUT2D eigenvalue weighted by atomic mass is 16.6. The van der Waals surface area contributed by atoms with Gasteiger partial charge in [-0.3, -0.25) is 4.90 Å². The van der Waals surface area contributed by atoms with Crippen LogP contribution in [0.5, 0.6) is 5.75 Å². The third-order valence-electron chi connectivity index (χ3n) is 6.38. The first-order chi connectivity index (χ1) is 17.2. The minimum absolute atomic E-state index is 0.0658. The second-order valence-electron chi connectivity index (χ2n) is 9.98. The largest absolute Gasteiger partial charge is 0.496 e. The Kier molecular flexibility index (Phi) is 7.34. The van der Waals surface area contributed by atoms with Gasteiger partial charge in [0, 0.05) is 19.4 Å².